The molecule has 1 amide bonds. The molecule has 1 atom stereocenters. The van der Waals surface area contributed by atoms with Crippen molar-refractivity contribution < 1.29 is 9.53 Å². The van der Waals surface area contributed by atoms with E-state index < -0.39 is 6.04 Å². The maximum atomic E-state index is 11.8. The molecule has 0 aromatic heterocycles. The highest BCUT2D eigenvalue weighted by Crippen LogP contribution is 2.16. The van der Waals surface area contributed by atoms with Crippen LogP contribution in [0.2, 0.25) is 0 Å². The summed E-state index contributed by atoms with van der Waals surface area (Å²) in [5.41, 5.74) is 5.68. The monoisotopic (exact) mass is 243 g/mol. The lowest BCUT2D eigenvalue weighted by Crippen LogP contribution is -2.50. The molecule has 0 spiro atoms. The number of nitrogens with two attached hydrogens (primary N) is 1. The van der Waals surface area contributed by atoms with Crippen LogP contribution in [-0.4, -0.2) is 56.2 Å². The summed E-state index contributed by atoms with van der Waals surface area (Å²) in [5, 5.41) is 2.89. The number of amides is 1. The molecule has 1 aliphatic heterocycles. The smallest absolute Gasteiger partial charge is 0.237 e. The highest BCUT2D eigenvalue weighted by Gasteiger charge is 2.27. The number of carbonyl (C=O) groups excluding carboxylic acids is 1. The first-order valence-electron chi connectivity index (χ1n) is 6.24. The highest BCUT2D eigenvalue weighted by atomic mass is 16.5. The molecule has 0 aliphatic carbocycles. The zero-order valence-electron chi connectivity index (χ0n) is 11.2. The molecule has 0 radical (unpaired) electrons. The van der Waals surface area contributed by atoms with Crippen molar-refractivity contribution in [2.45, 2.75) is 26.8 Å². The van der Waals surface area contributed by atoms with Crippen LogP contribution < -0.4 is 11.1 Å². The molecule has 1 aliphatic rings. The molecule has 0 saturated carbocycles. The summed E-state index contributed by atoms with van der Waals surface area (Å²) < 4.78 is 5.26. The molecule has 1 fully saturated rings. The van der Waals surface area contributed by atoms with E-state index in [0.29, 0.717) is 6.54 Å². The zero-order valence-corrected chi connectivity index (χ0v) is 11.2. The molecule has 5 nitrogen and oxygen atoms in total. The van der Waals surface area contributed by atoms with Gasteiger partial charge in [-0.2, -0.15) is 0 Å². The Morgan fingerprint density at radius 3 is 2.53 bits per heavy atom. The summed E-state index contributed by atoms with van der Waals surface area (Å²) >= 11 is 0. The van der Waals surface area contributed by atoms with Crippen LogP contribution in [0.4, 0.5) is 0 Å². The predicted octanol–water partition coefficient (Wildman–Crippen LogP) is -0.192. The minimum Gasteiger partial charge on any atom is -0.379 e. The van der Waals surface area contributed by atoms with Crippen molar-refractivity contribution in [1.29, 1.82) is 0 Å². The molecule has 1 rings (SSSR count). The molecule has 0 bridgehead atoms. The fraction of sp³-hybridized carbons (Fsp3) is 0.917. The standard InChI is InChI=1S/C12H25N3O2/c1-12(2,3)10(13)11(16)14-4-5-15-6-8-17-9-7-15/h10H,4-9,13H2,1-3H3,(H,14,16). The third kappa shape index (κ3) is 5.02. The first kappa shape index (κ1) is 14.4. The van der Waals surface area contributed by atoms with Crippen LogP contribution in [0.15, 0.2) is 0 Å². The first-order chi connectivity index (χ1) is 7.91. The van der Waals surface area contributed by atoms with Crippen LogP contribution >= 0.6 is 0 Å². The lowest BCUT2D eigenvalue weighted by molar-refractivity contribution is -0.124. The van der Waals surface area contributed by atoms with Gasteiger partial charge in [0.05, 0.1) is 19.3 Å². The molecule has 1 heterocycles. The maximum Gasteiger partial charge on any atom is 0.237 e. The average Bonchev–Trinajstić information content (AvgIpc) is 2.28. The van der Waals surface area contributed by atoms with Crippen molar-refractivity contribution in [3.05, 3.63) is 0 Å². The molecule has 17 heavy (non-hydrogen) atoms. The molecular weight excluding hydrogens is 218 g/mol. The van der Waals surface area contributed by atoms with Gasteiger partial charge in [-0.3, -0.25) is 9.69 Å². The SMILES string of the molecule is CC(C)(C)C(N)C(=O)NCCN1CCOCC1. The van der Waals surface area contributed by atoms with Crippen molar-refractivity contribution in [2.75, 3.05) is 39.4 Å². The number of carbonyl (C=O) groups is 1. The van der Waals surface area contributed by atoms with E-state index in [0.717, 1.165) is 32.8 Å². The summed E-state index contributed by atoms with van der Waals surface area (Å²) in [5.74, 6) is -0.0641. The molecule has 1 unspecified atom stereocenters. The van der Waals surface area contributed by atoms with Gasteiger partial charge in [0.15, 0.2) is 0 Å². The van der Waals surface area contributed by atoms with Gasteiger partial charge in [0, 0.05) is 26.2 Å². The molecule has 0 aromatic rings. The Bertz CT molecular complexity index is 245. The Hall–Kier alpha value is -0.650. The van der Waals surface area contributed by atoms with Gasteiger partial charge >= 0.3 is 0 Å². The Morgan fingerprint density at radius 1 is 1.41 bits per heavy atom. The molecular formula is C12H25N3O2. The van der Waals surface area contributed by atoms with Gasteiger partial charge in [0.25, 0.3) is 0 Å². The predicted molar refractivity (Wildman–Crippen MR) is 67.7 cm³/mol. The fourth-order valence-corrected chi connectivity index (χ4v) is 1.67. The maximum absolute atomic E-state index is 11.8. The quantitative estimate of drug-likeness (QED) is 0.718. The zero-order chi connectivity index (χ0) is 12.9. The third-order valence-electron chi connectivity index (χ3n) is 3.05. The summed E-state index contributed by atoms with van der Waals surface area (Å²) in [4.78, 5) is 14.0. The van der Waals surface area contributed by atoms with Crippen LogP contribution in [-0.2, 0) is 9.53 Å². The Labute approximate surface area is 104 Å². The second kappa shape index (κ2) is 6.33. The van der Waals surface area contributed by atoms with Crippen molar-refractivity contribution >= 4 is 5.91 Å². The van der Waals surface area contributed by atoms with Gasteiger partial charge in [-0.15, -0.1) is 0 Å². The number of rotatable bonds is 4. The van der Waals surface area contributed by atoms with Crippen LogP contribution in [0.5, 0.6) is 0 Å². The van der Waals surface area contributed by atoms with Gasteiger partial charge in [-0.25, -0.2) is 0 Å². The summed E-state index contributed by atoms with van der Waals surface area (Å²) in [6, 6.07) is -0.452. The van der Waals surface area contributed by atoms with Crippen molar-refractivity contribution in [3.8, 4) is 0 Å². The van der Waals surface area contributed by atoms with Crippen molar-refractivity contribution in [3.63, 3.8) is 0 Å². The van der Waals surface area contributed by atoms with E-state index in [1.165, 1.54) is 0 Å². The summed E-state index contributed by atoms with van der Waals surface area (Å²) in [7, 11) is 0. The summed E-state index contributed by atoms with van der Waals surface area (Å²) in [6.07, 6.45) is 0. The number of hydrogen-bond donors (Lipinski definition) is 2. The van der Waals surface area contributed by atoms with E-state index in [9.17, 15) is 4.79 Å². The molecule has 5 heteroatoms. The van der Waals surface area contributed by atoms with Gasteiger partial charge in [-0.05, 0) is 5.41 Å². The Kier molecular flexibility index (Phi) is 5.36. The van der Waals surface area contributed by atoms with Crippen molar-refractivity contribution in [1.82, 2.24) is 10.2 Å². The van der Waals surface area contributed by atoms with Gasteiger partial charge < -0.3 is 15.8 Å². The van der Waals surface area contributed by atoms with Crippen LogP contribution in [0.1, 0.15) is 20.8 Å². The molecule has 100 valence electrons. The van der Waals surface area contributed by atoms with E-state index in [4.69, 9.17) is 10.5 Å². The Morgan fingerprint density at radius 2 is 2.00 bits per heavy atom. The highest BCUT2D eigenvalue weighted by molar-refractivity contribution is 5.82. The van der Waals surface area contributed by atoms with Crippen LogP contribution in [0, 0.1) is 5.41 Å². The number of hydrogen-bond acceptors (Lipinski definition) is 4. The summed E-state index contributed by atoms with van der Waals surface area (Å²) in [6.45, 7) is 10.9. The normalized spacial score (nSPS) is 20.0. The number of nitrogens with zero attached hydrogens (tertiary/aromatic N) is 1. The van der Waals surface area contributed by atoms with Gasteiger partial charge in [0.2, 0.25) is 5.91 Å². The van der Waals surface area contributed by atoms with E-state index in [-0.39, 0.29) is 11.3 Å². The van der Waals surface area contributed by atoms with E-state index in [1.807, 2.05) is 20.8 Å². The largest absolute Gasteiger partial charge is 0.379 e. The number of nitrogens with one attached hydrogen (secondary N) is 1. The third-order valence-corrected chi connectivity index (χ3v) is 3.05. The lowest BCUT2D eigenvalue weighted by atomic mass is 9.87. The lowest BCUT2D eigenvalue weighted by Gasteiger charge is -2.28. The minimum atomic E-state index is -0.452. The Balaban J connectivity index is 2.19. The topological polar surface area (TPSA) is 67.6 Å². The minimum absolute atomic E-state index is 0.0641. The van der Waals surface area contributed by atoms with E-state index >= 15 is 0 Å². The molecule has 0 aromatic carbocycles. The molecule has 3 N–H and O–H groups in total. The average molecular weight is 243 g/mol. The van der Waals surface area contributed by atoms with Gasteiger partial charge in [0.1, 0.15) is 0 Å². The van der Waals surface area contributed by atoms with Crippen LogP contribution in [0.25, 0.3) is 0 Å². The number of morpholine rings is 1. The molecule has 1 saturated heterocycles. The van der Waals surface area contributed by atoms with Crippen molar-refractivity contribution in [2.24, 2.45) is 11.1 Å². The van der Waals surface area contributed by atoms with Crippen LogP contribution in [0.3, 0.4) is 0 Å². The first-order valence-corrected chi connectivity index (χ1v) is 6.24. The second-order valence-corrected chi connectivity index (χ2v) is 5.59. The second-order valence-electron chi connectivity index (χ2n) is 5.59. The fourth-order valence-electron chi connectivity index (χ4n) is 1.67. The van der Waals surface area contributed by atoms with E-state index in [2.05, 4.69) is 10.2 Å². The van der Waals surface area contributed by atoms with Gasteiger partial charge in [-0.1, -0.05) is 20.8 Å². The number of ether oxygens (including phenoxy) is 1. The van der Waals surface area contributed by atoms with E-state index in [1.54, 1.807) is 0 Å².